The molecule has 3 rings (SSSR count). The second-order valence-electron chi connectivity index (χ2n) is 5.06. The number of nitrogens with zero attached hydrogens (tertiary/aromatic N) is 1. The van der Waals surface area contributed by atoms with E-state index in [-0.39, 0.29) is 12.4 Å². The fraction of sp³-hybridized carbons (Fsp3) is 0.571. The summed E-state index contributed by atoms with van der Waals surface area (Å²) in [4.78, 5) is 2.33. The van der Waals surface area contributed by atoms with Gasteiger partial charge in [0.1, 0.15) is 0 Å². The SMILES string of the molecule is FC(F)c1cc(CCN2CCNCC2)c2c(c1)OCO2. The first-order valence-electron chi connectivity index (χ1n) is 6.87. The highest BCUT2D eigenvalue weighted by Gasteiger charge is 2.22. The molecule has 0 amide bonds. The van der Waals surface area contributed by atoms with Gasteiger partial charge in [-0.2, -0.15) is 0 Å². The van der Waals surface area contributed by atoms with Crippen LogP contribution >= 0.6 is 0 Å². The van der Waals surface area contributed by atoms with Crippen LogP contribution in [0.2, 0.25) is 0 Å². The van der Waals surface area contributed by atoms with Crippen LogP contribution in [0.25, 0.3) is 0 Å². The maximum Gasteiger partial charge on any atom is 0.263 e. The molecule has 6 heteroatoms. The monoisotopic (exact) mass is 284 g/mol. The lowest BCUT2D eigenvalue weighted by Crippen LogP contribution is -2.44. The van der Waals surface area contributed by atoms with Gasteiger partial charge < -0.3 is 19.7 Å². The average Bonchev–Trinajstić information content (AvgIpc) is 2.94. The van der Waals surface area contributed by atoms with Crippen molar-refractivity contribution in [3.05, 3.63) is 23.3 Å². The van der Waals surface area contributed by atoms with Crippen molar-refractivity contribution in [2.24, 2.45) is 0 Å². The van der Waals surface area contributed by atoms with E-state index in [1.165, 1.54) is 6.07 Å². The van der Waals surface area contributed by atoms with E-state index in [2.05, 4.69) is 10.2 Å². The minimum absolute atomic E-state index is 0.00422. The smallest absolute Gasteiger partial charge is 0.263 e. The van der Waals surface area contributed by atoms with Crippen molar-refractivity contribution in [3.63, 3.8) is 0 Å². The Bertz CT molecular complexity index is 476. The summed E-state index contributed by atoms with van der Waals surface area (Å²) >= 11 is 0. The van der Waals surface area contributed by atoms with Gasteiger partial charge in [-0.3, -0.25) is 0 Å². The van der Waals surface area contributed by atoms with E-state index in [1.54, 1.807) is 6.07 Å². The molecule has 1 saturated heterocycles. The number of rotatable bonds is 4. The first-order valence-corrected chi connectivity index (χ1v) is 6.87. The highest BCUT2D eigenvalue weighted by Crippen LogP contribution is 2.39. The quantitative estimate of drug-likeness (QED) is 0.914. The summed E-state index contributed by atoms with van der Waals surface area (Å²) in [5.74, 6) is 1.07. The Morgan fingerprint density at radius 1 is 1.20 bits per heavy atom. The number of hydrogen-bond donors (Lipinski definition) is 1. The van der Waals surface area contributed by atoms with Crippen molar-refractivity contribution in [2.75, 3.05) is 39.5 Å². The molecule has 0 bridgehead atoms. The van der Waals surface area contributed by atoms with Crippen LogP contribution in [0.5, 0.6) is 11.5 Å². The lowest BCUT2D eigenvalue weighted by atomic mass is 10.1. The zero-order chi connectivity index (χ0) is 13.9. The Hall–Kier alpha value is -1.40. The maximum absolute atomic E-state index is 12.9. The lowest BCUT2D eigenvalue weighted by Gasteiger charge is -2.27. The minimum Gasteiger partial charge on any atom is -0.454 e. The highest BCUT2D eigenvalue weighted by molar-refractivity contribution is 5.51. The first-order chi connectivity index (χ1) is 9.74. The molecule has 0 unspecified atom stereocenters. The van der Waals surface area contributed by atoms with Gasteiger partial charge in [-0.15, -0.1) is 0 Å². The molecule has 2 aliphatic rings. The molecule has 110 valence electrons. The third-order valence-corrected chi connectivity index (χ3v) is 3.73. The van der Waals surface area contributed by atoms with Crippen molar-refractivity contribution >= 4 is 0 Å². The third-order valence-electron chi connectivity index (χ3n) is 3.73. The van der Waals surface area contributed by atoms with Crippen molar-refractivity contribution in [2.45, 2.75) is 12.8 Å². The zero-order valence-corrected chi connectivity index (χ0v) is 11.2. The van der Waals surface area contributed by atoms with Crippen LogP contribution in [-0.2, 0) is 6.42 Å². The number of piperazine rings is 1. The minimum atomic E-state index is -2.48. The van der Waals surface area contributed by atoms with E-state index >= 15 is 0 Å². The predicted molar refractivity (Wildman–Crippen MR) is 70.5 cm³/mol. The van der Waals surface area contributed by atoms with Gasteiger partial charge in [-0.05, 0) is 24.1 Å². The largest absolute Gasteiger partial charge is 0.454 e. The van der Waals surface area contributed by atoms with Crippen LogP contribution in [0.3, 0.4) is 0 Å². The fourth-order valence-corrected chi connectivity index (χ4v) is 2.63. The molecular weight excluding hydrogens is 266 g/mol. The summed E-state index contributed by atoms with van der Waals surface area (Å²) in [5, 5.41) is 3.29. The van der Waals surface area contributed by atoms with E-state index in [4.69, 9.17) is 9.47 Å². The summed E-state index contributed by atoms with van der Waals surface area (Å²) in [7, 11) is 0. The summed E-state index contributed by atoms with van der Waals surface area (Å²) in [6, 6.07) is 2.92. The second-order valence-corrected chi connectivity index (χ2v) is 5.06. The van der Waals surface area contributed by atoms with E-state index in [1.807, 2.05) is 0 Å². The molecule has 1 N–H and O–H groups in total. The molecule has 1 fully saturated rings. The number of benzene rings is 1. The number of fused-ring (bicyclic) bond motifs is 1. The number of nitrogens with one attached hydrogen (secondary N) is 1. The molecule has 1 aromatic carbocycles. The summed E-state index contributed by atoms with van der Waals surface area (Å²) in [6.45, 7) is 4.92. The Morgan fingerprint density at radius 3 is 2.75 bits per heavy atom. The summed E-state index contributed by atoms with van der Waals surface area (Å²) in [5.41, 5.74) is 0.818. The first kappa shape index (κ1) is 13.6. The van der Waals surface area contributed by atoms with Gasteiger partial charge in [0.15, 0.2) is 11.5 Å². The van der Waals surface area contributed by atoms with Crippen LogP contribution < -0.4 is 14.8 Å². The molecule has 0 saturated carbocycles. The van der Waals surface area contributed by atoms with Gasteiger partial charge in [0.2, 0.25) is 6.79 Å². The Kier molecular flexibility index (Phi) is 4.03. The van der Waals surface area contributed by atoms with Crippen LogP contribution in [0.1, 0.15) is 17.6 Å². The van der Waals surface area contributed by atoms with Gasteiger partial charge in [0.05, 0.1) is 0 Å². The normalized spacial score (nSPS) is 18.8. The van der Waals surface area contributed by atoms with Crippen molar-refractivity contribution in [1.82, 2.24) is 10.2 Å². The number of ether oxygens (including phenoxy) is 2. The molecule has 0 atom stereocenters. The Balaban J connectivity index is 1.74. The van der Waals surface area contributed by atoms with Gasteiger partial charge in [-0.1, -0.05) is 0 Å². The van der Waals surface area contributed by atoms with Crippen LogP contribution in [0.15, 0.2) is 12.1 Å². The molecule has 0 aromatic heterocycles. The van der Waals surface area contributed by atoms with Crippen molar-refractivity contribution in [3.8, 4) is 11.5 Å². The zero-order valence-electron chi connectivity index (χ0n) is 11.2. The second kappa shape index (κ2) is 5.93. The highest BCUT2D eigenvalue weighted by atomic mass is 19.3. The third kappa shape index (κ3) is 2.86. The van der Waals surface area contributed by atoms with E-state index in [0.717, 1.165) is 38.3 Å². The molecule has 0 aliphatic carbocycles. The predicted octanol–water partition coefficient (Wildman–Crippen LogP) is 1.80. The van der Waals surface area contributed by atoms with Gasteiger partial charge in [-0.25, -0.2) is 8.78 Å². The molecule has 4 nitrogen and oxygen atoms in total. The van der Waals surface area contributed by atoms with Crippen molar-refractivity contribution < 1.29 is 18.3 Å². The maximum atomic E-state index is 12.9. The topological polar surface area (TPSA) is 33.7 Å². The molecule has 0 spiro atoms. The average molecular weight is 284 g/mol. The fourth-order valence-electron chi connectivity index (χ4n) is 2.63. The molecular formula is C14H18F2N2O2. The standard InChI is InChI=1S/C14H18F2N2O2/c15-14(16)11-7-10(13-12(8-11)19-9-20-13)1-4-18-5-2-17-3-6-18/h7-8,14,17H,1-6,9H2. The van der Waals surface area contributed by atoms with Crippen LogP contribution in [-0.4, -0.2) is 44.4 Å². The van der Waals surface area contributed by atoms with Gasteiger partial charge in [0.25, 0.3) is 6.43 Å². The Morgan fingerprint density at radius 2 is 2.00 bits per heavy atom. The van der Waals surface area contributed by atoms with Crippen LogP contribution in [0, 0.1) is 0 Å². The molecule has 0 radical (unpaired) electrons. The molecule has 20 heavy (non-hydrogen) atoms. The van der Waals surface area contributed by atoms with Gasteiger partial charge >= 0.3 is 0 Å². The number of hydrogen-bond acceptors (Lipinski definition) is 4. The molecule has 2 aliphatic heterocycles. The lowest BCUT2D eigenvalue weighted by molar-refractivity contribution is 0.150. The molecule has 1 aromatic rings. The van der Waals surface area contributed by atoms with Crippen molar-refractivity contribution in [1.29, 1.82) is 0 Å². The summed E-state index contributed by atoms with van der Waals surface area (Å²) in [6.07, 6.45) is -1.78. The van der Waals surface area contributed by atoms with E-state index in [0.29, 0.717) is 17.9 Å². The summed E-state index contributed by atoms with van der Waals surface area (Å²) < 4.78 is 36.4. The van der Waals surface area contributed by atoms with Crippen LogP contribution in [0.4, 0.5) is 8.78 Å². The molecule has 2 heterocycles. The van der Waals surface area contributed by atoms with Gasteiger partial charge in [0, 0.05) is 38.3 Å². The number of alkyl halides is 2. The Labute approximate surface area is 116 Å². The van der Waals surface area contributed by atoms with E-state index < -0.39 is 6.43 Å². The number of halogens is 2. The van der Waals surface area contributed by atoms with E-state index in [9.17, 15) is 8.78 Å².